The van der Waals surface area contributed by atoms with Crippen molar-refractivity contribution in [1.82, 2.24) is 14.8 Å². The number of anilines is 1. The number of allylic oxidation sites excluding steroid dienone is 1. The summed E-state index contributed by atoms with van der Waals surface area (Å²) in [5, 5.41) is 13.3. The predicted molar refractivity (Wildman–Crippen MR) is 151 cm³/mol. The molecular weight excluding hydrogens is 488 g/mol. The molecular formula is C32H32N4O3. The number of rotatable bonds is 2. The van der Waals surface area contributed by atoms with Crippen molar-refractivity contribution >= 4 is 34.5 Å². The van der Waals surface area contributed by atoms with E-state index in [1.807, 2.05) is 80.6 Å². The van der Waals surface area contributed by atoms with Gasteiger partial charge in [0.2, 0.25) is 0 Å². The zero-order chi connectivity index (χ0) is 27.5. The van der Waals surface area contributed by atoms with Crippen molar-refractivity contribution in [3.63, 3.8) is 0 Å². The van der Waals surface area contributed by atoms with Gasteiger partial charge in [-0.05, 0) is 32.1 Å². The standard InChI is InChI=1S/C32H32N4O3/c1-6-31(4,5)36-23-14-10-8-12-21(23)32(39)18-25-27(37)34-16-15-30(2,3)26-20(19-11-7-9-13-22(19)33-26)17-24(34)28(38)35(25)29(32)36/h6-17,25,29,33,39H,1,18H2,2-5H3/b16-15-,24-17?/t25-,29+,32-/m1/s1. The molecule has 4 aliphatic rings. The van der Waals surface area contributed by atoms with E-state index in [-0.39, 0.29) is 23.9 Å². The molecule has 7 nitrogen and oxygen atoms in total. The fourth-order valence-corrected chi connectivity index (χ4v) is 6.95. The minimum absolute atomic E-state index is 0.127. The largest absolute Gasteiger partial charge is 0.381 e. The zero-order valence-corrected chi connectivity index (χ0v) is 22.6. The van der Waals surface area contributed by atoms with Crippen LogP contribution in [0.25, 0.3) is 17.0 Å². The predicted octanol–water partition coefficient (Wildman–Crippen LogP) is 4.76. The SMILES string of the molecule is C=CC(C)(C)N1c2ccccc2[C@]2(O)C[C@@H]3C(=O)N4/C=C\C(C)(C)c5[nH]c6ccccc6c5C=C4C(=O)N3[C@@H]12. The van der Waals surface area contributed by atoms with Crippen molar-refractivity contribution in [2.45, 2.75) is 62.9 Å². The molecule has 0 aliphatic carbocycles. The van der Waals surface area contributed by atoms with Crippen LogP contribution >= 0.6 is 0 Å². The van der Waals surface area contributed by atoms with Crippen LogP contribution in [0.1, 0.15) is 50.9 Å². The Bertz CT molecular complexity index is 1660. The van der Waals surface area contributed by atoms with Crippen molar-refractivity contribution in [2.24, 2.45) is 0 Å². The van der Waals surface area contributed by atoms with Crippen LogP contribution in [0, 0.1) is 0 Å². The van der Waals surface area contributed by atoms with Crippen LogP contribution in [0.2, 0.25) is 0 Å². The summed E-state index contributed by atoms with van der Waals surface area (Å²) < 4.78 is 0. The van der Waals surface area contributed by atoms with E-state index in [1.54, 1.807) is 11.1 Å². The highest BCUT2D eigenvalue weighted by molar-refractivity contribution is 6.10. The average Bonchev–Trinajstić information content (AvgIpc) is 3.51. The fraction of sp³-hybridized carbons (Fsp3) is 0.312. The highest BCUT2D eigenvalue weighted by Gasteiger charge is 2.67. The Balaban J connectivity index is 1.45. The third-order valence-electron chi connectivity index (χ3n) is 9.07. The summed E-state index contributed by atoms with van der Waals surface area (Å²) in [6, 6.07) is 14.9. The number of piperazine rings is 1. The molecule has 0 saturated carbocycles. The first-order valence-corrected chi connectivity index (χ1v) is 13.4. The topological polar surface area (TPSA) is 79.9 Å². The zero-order valence-electron chi connectivity index (χ0n) is 22.6. The van der Waals surface area contributed by atoms with Crippen LogP contribution in [-0.4, -0.2) is 49.5 Å². The number of carbonyl (C=O) groups excluding carboxylic acids is 2. The summed E-state index contributed by atoms with van der Waals surface area (Å²) in [5.74, 6) is -0.494. The molecule has 2 fully saturated rings. The second-order valence-electron chi connectivity index (χ2n) is 12.2. The van der Waals surface area contributed by atoms with E-state index >= 15 is 0 Å². The molecule has 198 valence electrons. The van der Waals surface area contributed by atoms with Gasteiger partial charge in [0, 0.05) is 51.4 Å². The number of nitrogens with one attached hydrogen (secondary N) is 1. The van der Waals surface area contributed by atoms with Gasteiger partial charge in [-0.15, -0.1) is 6.58 Å². The molecule has 3 aromatic rings. The lowest BCUT2D eigenvalue weighted by molar-refractivity contribution is -0.148. The smallest absolute Gasteiger partial charge is 0.273 e. The Labute approximate surface area is 227 Å². The Morgan fingerprint density at radius 2 is 1.82 bits per heavy atom. The Kier molecular flexibility index (Phi) is 4.62. The van der Waals surface area contributed by atoms with Crippen molar-refractivity contribution in [1.29, 1.82) is 0 Å². The van der Waals surface area contributed by atoms with Crippen molar-refractivity contribution in [3.05, 3.63) is 96.0 Å². The van der Waals surface area contributed by atoms with Gasteiger partial charge in [0.05, 0.1) is 5.54 Å². The van der Waals surface area contributed by atoms with Gasteiger partial charge in [-0.2, -0.15) is 0 Å². The molecule has 1 aromatic heterocycles. The lowest BCUT2D eigenvalue weighted by atomic mass is 9.85. The molecule has 7 heteroatoms. The number of hydrogen-bond donors (Lipinski definition) is 2. The summed E-state index contributed by atoms with van der Waals surface area (Å²) in [6.07, 6.45) is 6.75. The lowest BCUT2D eigenvalue weighted by Gasteiger charge is -2.47. The van der Waals surface area contributed by atoms with Gasteiger partial charge in [0.1, 0.15) is 23.5 Å². The maximum atomic E-state index is 14.5. The Morgan fingerprint density at radius 3 is 2.59 bits per heavy atom. The molecule has 2 aromatic carbocycles. The number of nitrogens with zero attached hydrogens (tertiary/aromatic N) is 3. The van der Waals surface area contributed by atoms with Crippen LogP contribution in [0.15, 0.2) is 79.2 Å². The molecule has 0 bridgehead atoms. The van der Waals surface area contributed by atoms with E-state index in [0.29, 0.717) is 0 Å². The van der Waals surface area contributed by atoms with E-state index in [9.17, 15) is 14.7 Å². The van der Waals surface area contributed by atoms with Crippen LogP contribution in [0.5, 0.6) is 0 Å². The van der Waals surface area contributed by atoms with Gasteiger partial charge < -0.3 is 19.9 Å². The first-order chi connectivity index (χ1) is 18.5. The summed E-state index contributed by atoms with van der Waals surface area (Å²) in [7, 11) is 0. The van der Waals surface area contributed by atoms with Crippen molar-refractivity contribution < 1.29 is 14.7 Å². The molecule has 7 rings (SSSR count). The average molecular weight is 521 g/mol. The minimum Gasteiger partial charge on any atom is -0.381 e. The maximum absolute atomic E-state index is 14.5. The number of aromatic nitrogens is 1. The summed E-state index contributed by atoms with van der Waals surface area (Å²) in [6.45, 7) is 12.3. The molecule has 4 aliphatic heterocycles. The van der Waals surface area contributed by atoms with Gasteiger partial charge in [0.15, 0.2) is 0 Å². The summed E-state index contributed by atoms with van der Waals surface area (Å²) in [5.41, 5.74) is 2.31. The molecule has 39 heavy (non-hydrogen) atoms. The third-order valence-corrected chi connectivity index (χ3v) is 9.07. The van der Waals surface area contributed by atoms with Crippen molar-refractivity contribution in [2.75, 3.05) is 4.90 Å². The first-order valence-electron chi connectivity index (χ1n) is 13.4. The number of fused-ring (bicyclic) bond motifs is 9. The molecule has 5 heterocycles. The van der Waals surface area contributed by atoms with Crippen LogP contribution < -0.4 is 4.90 Å². The van der Waals surface area contributed by atoms with E-state index in [2.05, 4.69) is 30.3 Å². The number of carbonyl (C=O) groups is 2. The Hall–Kier alpha value is -4.10. The fourth-order valence-electron chi connectivity index (χ4n) is 6.95. The lowest BCUT2D eigenvalue weighted by Crippen LogP contribution is -2.63. The molecule has 0 unspecified atom stereocenters. The van der Waals surface area contributed by atoms with Crippen LogP contribution in [0.4, 0.5) is 5.69 Å². The monoisotopic (exact) mass is 520 g/mol. The number of benzene rings is 2. The van der Waals surface area contributed by atoms with Gasteiger partial charge in [0.25, 0.3) is 11.8 Å². The molecule has 2 N–H and O–H groups in total. The van der Waals surface area contributed by atoms with Gasteiger partial charge in [-0.1, -0.05) is 62.4 Å². The number of para-hydroxylation sites is 2. The third kappa shape index (κ3) is 2.96. The molecule has 0 spiro atoms. The van der Waals surface area contributed by atoms with E-state index in [0.717, 1.165) is 33.4 Å². The second-order valence-corrected chi connectivity index (χ2v) is 12.2. The molecule has 2 amide bonds. The number of aliphatic hydroxyl groups is 1. The van der Waals surface area contributed by atoms with Gasteiger partial charge in [-0.25, -0.2) is 0 Å². The normalized spacial score (nSPS) is 27.7. The van der Waals surface area contributed by atoms with E-state index in [1.165, 1.54) is 4.90 Å². The van der Waals surface area contributed by atoms with E-state index in [4.69, 9.17) is 0 Å². The van der Waals surface area contributed by atoms with Crippen LogP contribution in [0.3, 0.4) is 0 Å². The van der Waals surface area contributed by atoms with Gasteiger partial charge >= 0.3 is 0 Å². The highest BCUT2D eigenvalue weighted by atomic mass is 16.3. The van der Waals surface area contributed by atoms with Gasteiger partial charge in [-0.3, -0.25) is 14.5 Å². The maximum Gasteiger partial charge on any atom is 0.273 e. The summed E-state index contributed by atoms with van der Waals surface area (Å²) >= 11 is 0. The van der Waals surface area contributed by atoms with Crippen molar-refractivity contribution in [3.8, 4) is 0 Å². The molecule has 0 radical (unpaired) electrons. The minimum atomic E-state index is -1.40. The number of aromatic amines is 1. The van der Waals surface area contributed by atoms with Crippen LogP contribution in [-0.2, 0) is 20.6 Å². The molecule has 3 atom stereocenters. The number of hydrogen-bond acceptors (Lipinski definition) is 4. The number of H-pyrrole nitrogens is 1. The van der Waals surface area contributed by atoms with E-state index < -0.39 is 28.8 Å². The Morgan fingerprint density at radius 1 is 1.10 bits per heavy atom. The quantitative estimate of drug-likeness (QED) is 0.478. The summed E-state index contributed by atoms with van der Waals surface area (Å²) in [4.78, 5) is 37.4. The first kappa shape index (κ1) is 24.0. The molecule has 2 saturated heterocycles. The number of amides is 2. The second kappa shape index (κ2) is 7.51. The highest BCUT2D eigenvalue weighted by Crippen LogP contribution is 2.56.